The lowest BCUT2D eigenvalue weighted by molar-refractivity contribution is -0.119. The van der Waals surface area contributed by atoms with E-state index in [-0.39, 0.29) is 5.91 Å². The lowest BCUT2D eigenvalue weighted by atomic mass is 9.96. The number of anilines is 1. The van der Waals surface area contributed by atoms with Crippen molar-refractivity contribution in [2.45, 2.75) is 73.4 Å². The Morgan fingerprint density at radius 2 is 1.49 bits per heavy atom. The molecule has 1 aliphatic rings. The summed E-state index contributed by atoms with van der Waals surface area (Å²) >= 11 is 6.65. The third-order valence-electron chi connectivity index (χ3n) is 6.20. The number of para-hydroxylation sites is 1. The number of fused-ring (bicyclic) bond motifs is 1. The zero-order chi connectivity index (χ0) is 27.4. The van der Waals surface area contributed by atoms with E-state index in [1.807, 2.05) is 81.1 Å². The minimum absolute atomic E-state index is 0.0495. The molecule has 1 atom stereocenters. The topological polar surface area (TPSA) is 41.9 Å². The summed E-state index contributed by atoms with van der Waals surface area (Å²) in [5.41, 5.74) is 6.35. The summed E-state index contributed by atoms with van der Waals surface area (Å²) in [4.78, 5) is 20.3. The molecular weight excluding hydrogens is 480 g/mol. The highest BCUT2D eigenvalue weighted by Crippen LogP contribution is 2.30. The first-order valence-corrected chi connectivity index (χ1v) is 13.8. The lowest BCUT2D eigenvalue weighted by Crippen LogP contribution is -2.38. The second-order valence-corrected chi connectivity index (χ2v) is 8.60. The number of amides is 1. The van der Waals surface area contributed by atoms with Crippen molar-refractivity contribution in [3.8, 4) is 5.75 Å². The normalized spacial score (nSPS) is 14.3. The third-order valence-corrected chi connectivity index (χ3v) is 6.50. The lowest BCUT2D eigenvalue weighted by Gasteiger charge is -2.25. The van der Waals surface area contributed by atoms with Gasteiger partial charge in [-0.1, -0.05) is 95.6 Å². The van der Waals surface area contributed by atoms with Gasteiger partial charge in [-0.3, -0.25) is 9.79 Å². The van der Waals surface area contributed by atoms with Gasteiger partial charge in [0.05, 0.1) is 19.3 Å². The molecule has 0 bridgehead atoms. The second kappa shape index (κ2) is 15.2. The van der Waals surface area contributed by atoms with Crippen molar-refractivity contribution in [3.63, 3.8) is 0 Å². The minimum Gasteiger partial charge on any atom is -0.497 e. The number of carbonyl (C=O) groups is 1. The van der Waals surface area contributed by atoms with Gasteiger partial charge < -0.3 is 9.64 Å². The van der Waals surface area contributed by atoms with Crippen molar-refractivity contribution in [3.05, 3.63) is 94.5 Å². The summed E-state index contributed by atoms with van der Waals surface area (Å²) in [5.74, 6) is 0.736. The van der Waals surface area contributed by atoms with Crippen LogP contribution < -0.4 is 9.64 Å². The first-order chi connectivity index (χ1) is 18.0. The first kappa shape index (κ1) is 30.1. The third kappa shape index (κ3) is 7.45. The van der Waals surface area contributed by atoms with Crippen LogP contribution in [-0.4, -0.2) is 24.2 Å². The Labute approximate surface area is 228 Å². The van der Waals surface area contributed by atoms with Crippen LogP contribution in [0.3, 0.4) is 0 Å². The van der Waals surface area contributed by atoms with Crippen LogP contribution in [0.1, 0.15) is 69.4 Å². The molecule has 198 valence electrons. The van der Waals surface area contributed by atoms with Crippen LogP contribution in [-0.2, 0) is 30.6 Å². The zero-order valence-corrected chi connectivity index (χ0v) is 24.1. The molecule has 0 aromatic heterocycles. The minimum atomic E-state index is -0.583. The molecule has 0 saturated heterocycles. The smallest absolute Gasteiger partial charge is 0.252 e. The van der Waals surface area contributed by atoms with Gasteiger partial charge in [-0.05, 0) is 59.4 Å². The summed E-state index contributed by atoms with van der Waals surface area (Å²) in [6.07, 6.45) is 2.48. The van der Waals surface area contributed by atoms with Crippen LogP contribution in [0, 0.1) is 0 Å². The fourth-order valence-corrected chi connectivity index (χ4v) is 4.63. The monoisotopic (exact) mass is 520 g/mol. The van der Waals surface area contributed by atoms with Gasteiger partial charge in [0.2, 0.25) is 0 Å². The van der Waals surface area contributed by atoms with Crippen molar-refractivity contribution < 1.29 is 9.53 Å². The van der Waals surface area contributed by atoms with Gasteiger partial charge >= 0.3 is 0 Å². The van der Waals surface area contributed by atoms with Gasteiger partial charge in [-0.25, -0.2) is 0 Å². The molecule has 5 heteroatoms. The number of nitrogens with zero attached hydrogens (tertiary/aromatic N) is 2. The second-order valence-electron chi connectivity index (χ2n) is 8.24. The number of carbonyl (C=O) groups excluding carboxylic acids is 1. The van der Waals surface area contributed by atoms with Crippen LogP contribution in [0.5, 0.6) is 5.75 Å². The Bertz CT molecular complexity index is 1170. The van der Waals surface area contributed by atoms with Crippen molar-refractivity contribution >= 4 is 28.4 Å². The standard InChI is InChI=1S/C28H29ClN2O2.2C2H6/c1-4-21-13-10-20(16-22(21)5-2)17-25-28(32)31(18-19-11-14-23(33-3)15-12-19)26-9-7-6-8-24(26)27(29)30-25;2*1-2/h6-16,25H,4-5,17-18H2,1-3H3;2*1-2H3. The SMILES string of the molecule is CC.CC.CCc1ccc(CC2N=C(Cl)c3ccccc3N(Cc3ccc(OC)cc3)C2=O)cc1CC. The van der Waals surface area contributed by atoms with Crippen LogP contribution in [0.4, 0.5) is 5.69 Å². The fourth-order valence-electron chi connectivity index (χ4n) is 4.36. The Morgan fingerprint density at radius 1 is 0.865 bits per heavy atom. The molecule has 1 heterocycles. The van der Waals surface area contributed by atoms with Crippen LogP contribution in [0.2, 0.25) is 0 Å². The highest BCUT2D eigenvalue weighted by atomic mass is 35.5. The number of ether oxygens (including phenoxy) is 1. The van der Waals surface area contributed by atoms with Crippen LogP contribution in [0.15, 0.2) is 71.7 Å². The van der Waals surface area contributed by atoms with Gasteiger partial charge in [0.15, 0.2) is 0 Å². The molecule has 1 aliphatic heterocycles. The highest BCUT2D eigenvalue weighted by Gasteiger charge is 2.31. The quantitative estimate of drug-likeness (QED) is 0.316. The fraction of sp³-hybridized carbons (Fsp3) is 0.375. The summed E-state index contributed by atoms with van der Waals surface area (Å²) in [6.45, 7) is 12.8. The number of aliphatic imine (C=N–C) groups is 1. The molecule has 0 fully saturated rings. The largest absolute Gasteiger partial charge is 0.497 e. The molecule has 1 amide bonds. The molecule has 0 N–H and O–H groups in total. The van der Waals surface area contributed by atoms with Crippen molar-refractivity contribution in [1.82, 2.24) is 0 Å². The van der Waals surface area contributed by atoms with E-state index in [9.17, 15) is 4.79 Å². The van der Waals surface area contributed by atoms with Gasteiger partial charge in [0, 0.05) is 12.0 Å². The molecule has 1 unspecified atom stereocenters. The van der Waals surface area contributed by atoms with Crippen molar-refractivity contribution in [1.29, 1.82) is 0 Å². The van der Waals surface area contributed by atoms with Gasteiger partial charge in [0.1, 0.15) is 17.0 Å². The van der Waals surface area contributed by atoms with Crippen molar-refractivity contribution in [2.75, 3.05) is 12.0 Å². The number of halogens is 1. The van der Waals surface area contributed by atoms with Gasteiger partial charge in [-0.2, -0.15) is 0 Å². The van der Waals surface area contributed by atoms with E-state index in [4.69, 9.17) is 16.3 Å². The van der Waals surface area contributed by atoms with E-state index in [2.05, 4.69) is 37.0 Å². The molecule has 37 heavy (non-hydrogen) atoms. The summed E-state index contributed by atoms with van der Waals surface area (Å²) in [7, 11) is 1.64. The van der Waals surface area contributed by atoms with Gasteiger partial charge in [-0.15, -0.1) is 0 Å². The molecular formula is C32H41ClN2O2. The molecule has 0 radical (unpaired) electrons. The molecule has 0 saturated carbocycles. The maximum atomic E-state index is 13.8. The highest BCUT2D eigenvalue weighted by molar-refractivity contribution is 6.70. The number of hydrogen-bond acceptors (Lipinski definition) is 3. The van der Waals surface area contributed by atoms with E-state index >= 15 is 0 Å². The van der Waals surface area contributed by atoms with Crippen molar-refractivity contribution in [2.24, 2.45) is 4.99 Å². The van der Waals surface area contributed by atoms with Crippen LogP contribution in [0.25, 0.3) is 0 Å². The zero-order valence-electron chi connectivity index (χ0n) is 23.3. The molecule has 3 aromatic carbocycles. The maximum absolute atomic E-state index is 13.8. The Balaban J connectivity index is 0.00000115. The number of aryl methyl sites for hydroxylation is 2. The Morgan fingerprint density at radius 3 is 2.11 bits per heavy atom. The van der Waals surface area contributed by atoms with Crippen LogP contribution >= 0.6 is 11.6 Å². The molecule has 4 nitrogen and oxygen atoms in total. The number of benzene rings is 3. The number of methoxy groups -OCH3 is 1. The Kier molecular flexibility index (Phi) is 12.4. The molecule has 0 aliphatic carbocycles. The van der Waals surface area contributed by atoms with E-state index in [0.29, 0.717) is 18.1 Å². The number of benzodiazepines with no additional fused rings is 1. The summed E-state index contributed by atoms with van der Waals surface area (Å²) in [5, 5.41) is 0.377. The Hall–Kier alpha value is -3.11. The average Bonchev–Trinajstić information content (AvgIpc) is 3.06. The predicted octanol–water partition coefficient (Wildman–Crippen LogP) is 8.02. The number of rotatable bonds is 7. The molecule has 4 rings (SSSR count). The average molecular weight is 521 g/mol. The molecule has 3 aromatic rings. The van der Waals surface area contributed by atoms with Gasteiger partial charge in [0.25, 0.3) is 5.91 Å². The van der Waals surface area contributed by atoms with E-state index in [1.54, 1.807) is 7.11 Å². The maximum Gasteiger partial charge on any atom is 0.252 e. The van der Waals surface area contributed by atoms with E-state index in [0.717, 1.165) is 41.0 Å². The molecule has 0 spiro atoms. The van der Waals surface area contributed by atoms with E-state index in [1.165, 1.54) is 11.1 Å². The summed E-state index contributed by atoms with van der Waals surface area (Å²) < 4.78 is 5.27. The first-order valence-electron chi connectivity index (χ1n) is 13.4. The predicted molar refractivity (Wildman–Crippen MR) is 158 cm³/mol. The summed E-state index contributed by atoms with van der Waals surface area (Å²) in [6, 6.07) is 21.4. The van der Waals surface area contributed by atoms with E-state index < -0.39 is 6.04 Å². The number of hydrogen-bond donors (Lipinski definition) is 0.